The first-order valence-electron chi connectivity index (χ1n) is 13.7. The Bertz CT molecular complexity index is 1220. The van der Waals surface area contributed by atoms with Crippen LogP contribution in [0.2, 0.25) is 0 Å². The molecule has 2 aliphatic heterocycles. The zero-order valence-corrected chi connectivity index (χ0v) is 25.9. The summed E-state index contributed by atoms with van der Waals surface area (Å²) in [6.07, 6.45) is -9.89. The summed E-state index contributed by atoms with van der Waals surface area (Å²) in [7, 11) is 1.61. The number of rotatable bonds is 8. The van der Waals surface area contributed by atoms with Crippen LogP contribution in [-0.4, -0.2) is 104 Å². The molecule has 0 radical (unpaired) electrons. The van der Waals surface area contributed by atoms with Crippen LogP contribution in [0.1, 0.15) is 32.6 Å². The molecule has 1 amide bonds. The van der Waals surface area contributed by atoms with Gasteiger partial charge in [-0.15, -0.1) is 24.8 Å². The van der Waals surface area contributed by atoms with Crippen LogP contribution in [0, 0.1) is 6.92 Å². The topological polar surface area (TPSA) is 65.5 Å². The number of alkyl halides is 6. The van der Waals surface area contributed by atoms with E-state index in [2.05, 4.69) is 9.80 Å². The van der Waals surface area contributed by atoms with Crippen molar-refractivity contribution in [3.05, 3.63) is 64.2 Å². The lowest BCUT2D eigenvalue weighted by Gasteiger charge is -2.43. The Kier molecular flexibility index (Phi) is 13.6. The van der Waals surface area contributed by atoms with Crippen molar-refractivity contribution in [3.8, 4) is 5.75 Å². The summed E-state index contributed by atoms with van der Waals surface area (Å²) in [5.74, 6) is -0.841. The summed E-state index contributed by atoms with van der Waals surface area (Å²) in [6.45, 7) is 6.49. The number of carbonyl (C=O) groups is 1. The van der Waals surface area contributed by atoms with Gasteiger partial charge < -0.3 is 19.5 Å². The molecule has 2 aliphatic rings. The summed E-state index contributed by atoms with van der Waals surface area (Å²) in [6, 6.07) is 5.49. The highest BCUT2D eigenvalue weighted by atomic mass is 35.5. The van der Waals surface area contributed by atoms with Crippen molar-refractivity contribution in [2.75, 3.05) is 66.1 Å². The van der Waals surface area contributed by atoms with Crippen LogP contribution in [0.15, 0.2) is 36.4 Å². The van der Waals surface area contributed by atoms with Crippen LogP contribution in [0.5, 0.6) is 5.75 Å². The van der Waals surface area contributed by atoms with E-state index in [-0.39, 0.29) is 55.7 Å². The predicted octanol–water partition coefficient (Wildman–Crippen LogP) is 5.30. The van der Waals surface area contributed by atoms with Crippen molar-refractivity contribution in [1.82, 2.24) is 14.7 Å². The van der Waals surface area contributed by atoms with Crippen molar-refractivity contribution < 1.29 is 45.7 Å². The molecule has 248 valence electrons. The van der Waals surface area contributed by atoms with Crippen LogP contribution in [0.25, 0.3) is 0 Å². The molecule has 0 aromatic heterocycles. The third-order valence-corrected chi connectivity index (χ3v) is 7.72. The SMILES string of the molecule is COC[C@@H]1CN(CCN2CCN(C(=O)c3cc(C(F)(F)F)cc(C(F)(F)F)c3)C(Cc3ccc(C)c(O)c3)C2)CCO1.Cl.Cl. The van der Waals surface area contributed by atoms with Crippen LogP contribution in [0.4, 0.5) is 26.3 Å². The molecule has 7 nitrogen and oxygen atoms in total. The summed E-state index contributed by atoms with van der Waals surface area (Å²) < 4.78 is 91.8. The number of piperazine rings is 1. The van der Waals surface area contributed by atoms with Gasteiger partial charge in [-0.05, 0) is 48.7 Å². The molecule has 0 saturated carbocycles. The summed E-state index contributed by atoms with van der Waals surface area (Å²) >= 11 is 0. The monoisotopic (exact) mass is 675 g/mol. The lowest BCUT2D eigenvalue weighted by atomic mass is 9.98. The standard InChI is InChI=1S/C29H35F6N3O4.2ClH/c1-19-3-4-20(12-26(19)39)11-24-16-36(5-6-37-9-10-42-25(17-37)18-41-2)7-8-38(24)27(40)21-13-22(28(30,31)32)15-23(14-21)29(33,34)35;;/h3-4,12-15,24-25,39H,5-11,16-18H2,1-2H3;2*1H/t24?,25-;;/m0../s1. The number of hydrogen-bond donors (Lipinski definition) is 1. The molecule has 0 aliphatic carbocycles. The number of hydrogen-bond acceptors (Lipinski definition) is 6. The van der Waals surface area contributed by atoms with E-state index in [1.165, 1.54) is 4.90 Å². The van der Waals surface area contributed by atoms with Gasteiger partial charge in [0.2, 0.25) is 0 Å². The van der Waals surface area contributed by atoms with Gasteiger partial charge in [-0.2, -0.15) is 26.3 Å². The van der Waals surface area contributed by atoms with Gasteiger partial charge in [0, 0.05) is 64.5 Å². The average molecular weight is 677 g/mol. The molecule has 44 heavy (non-hydrogen) atoms. The number of halogens is 8. The third kappa shape index (κ3) is 9.85. The van der Waals surface area contributed by atoms with Gasteiger partial charge in [0.1, 0.15) is 5.75 Å². The highest BCUT2D eigenvalue weighted by molar-refractivity contribution is 5.95. The van der Waals surface area contributed by atoms with Crippen LogP contribution in [0.3, 0.4) is 0 Å². The molecule has 4 rings (SSSR count). The highest BCUT2D eigenvalue weighted by Crippen LogP contribution is 2.37. The maximum Gasteiger partial charge on any atom is 0.416 e. The van der Waals surface area contributed by atoms with E-state index in [1.54, 1.807) is 32.2 Å². The third-order valence-electron chi connectivity index (χ3n) is 7.72. The van der Waals surface area contributed by atoms with Crippen molar-refractivity contribution >= 4 is 30.7 Å². The zero-order valence-electron chi connectivity index (χ0n) is 24.3. The molecule has 2 aromatic rings. The number of aryl methyl sites for hydroxylation is 1. The number of carbonyl (C=O) groups excluding carboxylic acids is 1. The summed E-state index contributed by atoms with van der Waals surface area (Å²) in [4.78, 5) is 19.3. The van der Waals surface area contributed by atoms with Crippen molar-refractivity contribution in [2.24, 2.45) is 0 Å². The van der Waals surface area contributed by atoms with Gasteiger partial charge in [0.15, 0.2) is 0 Å². The van der Waals surface area contributed by atoms with E-state index in [1.807, 2.05) is 0 Å². The molecule has 2 fully saturated rings. The van der Waals surface area contributed by atoms with Crippen molar-refractivity contribution in [2.45, 2.75) is 37.8 Å². The van der Waals surface area contributed by atoms with Crippen molar-refractivity contribution in [1.29, 1.82) is 0 Å². The van der Waals surface area contributed by atoms with Gasteiger partial charge in [-0.1, -0.05) is 12.1 Å². The molecule has 2 saturated heterocycles. The molecule has 0 bridgehead atoms. The maximum atomic E-state index is 13.6. The molecule has 2 aromatic carbocycles. The first-order chi connectivity index (χ1) is 19.7. The Morgan fingerprint density at radius 2 is 1.55 bits per heavy atom. The first kappa shape index (κ1) is 37.9. The molecule has 0 spiro atoms. The smallest absolute Gasteiger partial charge is 0.416 e. The van der Waals surface area contributed by atoms with Crippen LogP contribution < -0.4 is 0 Å². The number of aromatic hydroxyl groups is 1. The fourth-order valence-electron chi connectivity index (χ4n) is 5.42. The number of ether oxygens (including phenoxy) is 2. The minimum atomic E-state index is -5.06. The van der Waals surface area contributed by atoms with Gasteiger partial charge in [-0.3, -0.25) is 14.6 Å². The summed E-state index contributed by atoms with van der Waals surface area (Å²) in [5, 5.41) is 10.2. The Labute approximate surface area is 264 Å². The highest BCUT2D eigenvalue weighted by Gasteiger charge is 2.39. The molecular formula is C29H37Cl2F6N3O4. The second kappa shape index (κ2) is 15.8. The maximum absolute atomic E-state index is 13.6. The number of benzene rings is 2. The van der Waals surface area contributed by atoms with Gasteiger partial charge in [0.05, 0.1) is 30.4 Å². The number of amides is 1. The second-order valence-corrected chi connectivity index (χ2v) is 10.8. The quantitative estimate of drug-likeness (QED) is 0.384. The minimum Gasteiger partial charge on any atom is -0.508 e. The van der Waals surface area contributed by atoms with E-state index in [0.717, 1.165) is 13.1 Å². The number of phenols is 1. The normalized spacial score (nSPS) is 20.1. The van der Waals surface area contributed by atoms with E-state index in [4.69, 9.17) is 9.47 Å². The van der Waals surface area contributed by atoms with E-state index < -0.39 is 41.0 Å². The Balaban J connectivity index is 0.00000337. The number of methoxy groups -OCH3 is 1. The fraction of sp³-hybridized carbons (Fsp3) is 0.552. The number of morpholine rings is 1. The molecule has 2 heterocycles. The molecular weight excluding hydrogens is 639 g/mol. The predicted molar refractivity (Wildman–Crippen MR) is 157 cm³/mol. The number of nitrogens with zero attached hydrogens (tertiary/aromatic N) is 3. The molecule has 15 heteroatoms. The zero-order chi connectivity index (χ0) is 30.7. The van der Waals surface area contributed by atoms with Crippen LogP contribution in [-0.2, 0) is 28.2 Å². The minimum absolute atomic E-state index is 0. The lowest BCUT2D eigenvalue weighted by Crippen LogP contribution is -2.57. The van der Waals surface area contributed by atoms with E-state index >= 15 is 0 Å². The fourth-order valence-corrected chi connectivity index (χ4v) is 5.42. The van der Waals surface area contributed by atoms with Crippen molar-refractivity contribution in [3.63, 3.8) is 0 Å². The first-order valence-corrected chi connectivity index (χ1v) is 13.7. The van der Waals surface area contributed by atoms with E-state index in [9.17, 15) is 36.2 Å². The van der Waals surface area contributed by atoms with Gasteiger partial charge >= 0.3 is 12.4 Å². The Hall–Kier alpha value is -2.29. The molecule has 1 unspecified atom stereocenters. The van der Waals surface area contributed by atoms with Gasteiger partial charge in [-0.25, -0.2) is 0 Å². The summed E-state index contributed by atoms with van der Waals surface area (Å²) in [5.41, 5.74) is -2.38. The van der Waals surface area contributed by atoms with Gasteiger partial charge in [0.25, 0.3) is 5.91 Å². The number of phenolic OH excluding ortho intramolecular Hbond substituents is 1. The lowest BCUT2D eigenvalue weighted by molar-refractivity contribution is -0.143. The second-order valence-electron chi connectivity index (χ2n) is 10.8. The average Bonchev–Trinajstić information content (AvgIpc) is 2.93. The Morgan fingerprint density at radius 1 is 0.932 bits per heavy atom. The van der Waals surface area contributed by atoms with Crippen LogP contribution >= 0.6 is 24.8 Å². The molecule has 2 atom stereocenters. The largest absolute Gasteiger partial charge is 0.508 e. The molecule has 1 N–H and O–H groups in total. The van der Waals surface area contributed by atoms with E-state index in [0.29, 0.717) is 62.7 Å². The Morgan fingerprint density at radius 3 is 2.11 bits per heavy atom.